The number of morpholine rings is 1. The number of nitrogens with one attached hydrogen (secondary N) is 1. The van der Waals surface area contributed by atoms with Crippen LogP contribution in [0.25, 0.3) is 11.3 Å². The largest absolute Gasteiger partial charge is 0.378 e. The number of amides is 1. The van der Waals surface area contributed by atoms with Gasteiger partial charge in [0.25, 0.3) is 5.91 Å². The van der Waals surface area contributed by atoms with Gasteiger partial charge >= 0.3 is 0 Å². The molecule has 2 saturated heterocycles. The summed E-state index contributed by atoms with van der Waals surface area (Å²) >= 11 is 0. The number of rotatable bonds is 3. The Balaban J connectivity index is 1.62. The summed E-state index contributed by atoms with van der Waals surface area (Å²) in [6.07, 6.45) is 0. The molecule has 2 fully saturated rings. The van der Waals surface area contributed by atoms with Gasteiger partial charge in [0.05, 0.1) is 18.9 Å². The number of nitrogens with zero attached hydrogens (tertiary/aromatic N) is 4. The number of piperazine rings is 1. The number of carbonyl (C=O) groups is 1. The molecule has 1 aromatic carbocycles. The zero-order chi connectivity index (χ0) is 19.5. The molecule has 8 nitrogen and oxygen atoms in total. The first-order valence-electron chi connectivity index (χ1n) is 9.71. The van der Waals surface area contributed by atoms with Gasteiger partial charge in [-0.15, -0.1) is 0 Å². The third-order valence-corrected chi connectivity index (χ3v) is 5.23. The van der Waals surface area contributed by atoms with Crippen molar-refractivity contribution < 1.29 is 9.53 Å². The van der Waals surface area contributed by atoms with Crippen molar-refractivity contribution in [2.24, 2.45) is 0 Å². The van der Waals surface area contributed by atoms with Gasteiger partial charge in [-0.3, -0.25) is 4.79 Å². The van der Waals surface area contributed by atoms with Gasteiger partial charge < -0.3 is 25.6 Å². The van der Waals surface area contributed by atoms with Crippen LogP contribution in [0.3, 0.4) is 0 Å². The summed E-state index contributed by atoms with van der Waals surface area (Å²) in [5, 5.41) is 3.31. The van der Waals surface area contributed by atoms with Crippen molar-refractivity contribution in [1.29, 1.82) is 0 Å². The second-order valence-corrected chi connectivity index (χ2v) is 7.20. The van der Waals surface area contributed by atoms with Gasteiger partial charge in [-0.2, -0.15) is 4.98 Å². The third-order valence-electron chi connectivity index (χ3n) is 5.23. The summed E-state index contributed by atoms with van der Waals surface area (Å²) in [6.45, 7) is 7.31. The van der Waals surface area contributed by atoms with Gasteiger partial charge in [0.15, 0.2) is 0 Å². The Hall–Kier alpha value is -2.71. The molecule has 2 aliphatic rings. The first-order chi connectivity index (χ1) is 13.6. The molecule has 4 rings (SSSR count). The van der Waals surface area contributed by atoms with Crippen LogP contribution in [-0.2, 0) is 4.74 Å². The summed E-state index contributed by atoms with van der Waals surface area (Å²) in [5.41, 5.74) is 8.22. The van der Waals surface area contributed by atoms with Gasteiger partial charge in [0.2, 0.25) is 5.95 Å². The van der Waals surface area contributed by atoms with Gasteiger partial charge in [0, 0.05) is 56.0 Å². The van der Waals surface area contributed by atoms with Gasteiger partial charge in [-0.25, -0.2) is 4.98 Å². The fourth-order valence-corrected chi connectivity index (χ4v) is 3.68. The molecular formula is C20H26N6O2. The Morgan fingerprint density at radius 3 is 2.82 bits per heavy atom. The highest BCUT2D eigenvalue weighted by molar-refractivity contribution is 5.95. The molecule has 3 heterocycles. The van der Waals surface area contributed by atoms with Crippen LogP contribution in [-0.4, -0.2) is 72.8 Å². The number of hydrogen-bond acceptors (Lipinski definition) is 7. The average Bonchev–Trinajstić information content (AvgIpc) is 2.74. The summed E-state index contributed by atoms with van der Waals surface area (Å²) in [6, 6.07) is 9.69. The van der Waals surface area contributed by atoms with Crippen molar-refractivity contribution in [3.8, 4) is 11.3 Å². The van der Waals surface area contributed by atoms with Crippen molar-refractivity contribution in [1.82, 2.24) is 20.2 Å². The Morgan fingerprint density at radius 2 is 2.04 bits per heavy atom. The normalized spacial score (nSPS) is 20.2. The Bertz CT molecular complexity index is 852. The number of anilines is 2. The molecule has 0 saturated carbocycles. The number of hydrogen-bond donors (Lipinski definition) is 2. The Morgan fingerprint density at radius 1 is 1.21 bits per heavy atom. The second kappa shape index (κ2) is 8.12. The molecule has 28 heavy (non-hydrogen) atoms. The molecule has 1 amide bonds. The minimum atomic E-state index is 0.0475. The van der Waals surface area contributed by atoms with E-state index in [9.17, 15) is 4.79 Å². The van der Waals surface area contributed by atoms with Gasteiger partial charge in [0.1, 0.15) is 5.82 Å². The lowest BCUT2D eigenvalue weighted by Crippen LogP contribution is -2.52. The zero-order valence-electron chi connectivity index (χ0n) is 16.1. The monoisotopic (exact) mass is 382 g/mol. The van der Waals surface area contributed by atoms with E-state index in [1.807, 2.05) is 35.2 Å². The molecular weight excluding hydrogens is 356 g/mol. The highest BCUT2D eigenvalue weighted by atomic mass is 16.5. The van der Waals surface area contributed by atoms with E-state index < -0.39 is 0 Å². The molecule has 0 aliphatic carbocycles. The van der Waals surface area contributed by atoms with E-state index in [0.717, 1.165) is 43.3 Å². The fourth-order valence-electron chi connectivity index (χ4n) is 3.68. The van der Waals surface area contributed by atoms with Crippen LogP contribution in [0.4, 0.5) is 11.8 Å². The lowest BCUT2D eigenvalue weighted by atomic mass is 10.1. The highest BCUT2D eigenvalue weighted by Gasteiger charge is 2.24. The predicted molar refractivity (Wildman–Crippen MR) is 108 cm³/mol. The third kappa shape index (κ3) is 3.93. The minimum Gasteiger partial charge on any atom is -0.378 e. The van der Waals surface area contributed by atoms with E-state index in [0.29, 0.717) is 25.3 Å². The molecule has 1 aromatic heterocycles. The summed E-state index contributed by atoms with van der Waals surface area (Å²) in [4.78, 5) is 25.8. The van der Waals surface area contributed by atoms with Crippen LogP contribution >= 0.6 is 0 Å². The molecule has 0 bridgehead atoms. The Kier molecular flexibility index (Phi) is 5.40. The maximum atomic E-state index is 13.0. The summed E-state index contributed by atoms with van der Waals surface area (Å²) in [5.74, 6) is 1.07. The lowest BCUT2D eigenvalue weighted by molar-refractivity contribution is 0.0656. The SMILES string of the molecule is C[C@@H]1CNCCN1C(=O)c1cccc(-c2cc(N3CCOCC3)nc(N)n2)c1. The maximum absolute atomic E-state index is 13.0. The number of nitrogen functional groups attached to an aromatic ring is 1. The first kappa shape index (κ1) is 18.6. The van der Waals surface area contributed by atoms with E-state index in [2.05, 4.69) is 27.1 Å². The molecule has 8 heteroatoms. The van der Waals surface area contributed by atoms with Crippen LogP contribution in [0.5, 0.6) is 0 Å². The summed E-state index contributed by atoms with van der Waals surface area (Å²) in [7, 11) is 0. The van der Waals surface area contributed by atoms with Gasteiger partial charge in [-0.1, -0.05) is 12.1 Å². The van der Waals surface area contributed by atoms with E-state index in [-0.39, 0.29) is 17.9 Å². The number of nitrogens with two attached hydrogens (primary N) is 1. The van der Waals surface area contributed by atoms with Gasteiger partial charge in [-0.05, 0) is 19.1 Å². The highest BCUT2D eigenvalue weighted by Crippen LogP contribution is 2.25. The van der Waals surface area contributed by atoms with Crippen LogP contribution in [0.2, 0.25) is 0 Å². The molecule has 0 unspecified atom stereocenters. The van der Waals surface area contributed by atoms with Crippen molar-refractivity contribution in [3.63, 3.8) is 0 Å². The quantitative estimate of drug-likeness (QED) is 0.817. The molecule has 148 valence electrons. The second-order valence-electron chi connectivity index (χ2n) is 7.20. The average molecular weight is 382 g/mol. The number of benzene rings is 1. The first-order valence-corrected chi connectivity index (χ1v) is 9.71. The van der Waals surface area contributed by atoms with Crippen LogP contribution in [0.15, 0.2) is 30.3 Å². The molecule has 2 aliphatic heterocycles. The van der Waals surface area contributed by atoms with E-state index in [4.69, 9.17) is 10.5 Å². The van der Waals surface area contributed by atoms with E-state index in [1.165, 1.54) is 0 Å². The fraction of sp³-hybridized carbons (Fsp3) is 0.450. The van der Waals surface area contributed by atoms with Crippen molar-refractivity contribution in [2.75, 3.05) is 56.6 Å². The molecule has 3 N–H and O–H groups in total. The maximum Gasteiger partial charge on any atom is 0.254 e. The van der Waals surface area contributed by atoms with Crippen molar-refractivity contribution >= 4 is 17.7 Å². The number of ether oxygens (including phenoxy) is 1. The van der Waals surface area contributed by atoms with Crippen LogP contribution in [0.1, 0.15) is 17.3 Å². The van der Waals surface area contributed by atoms with E-state index in [1.54, 1.807) is 0 Å². The summed E-state index contributed by atoms with van der Waals surface area (Å²) < 4.78 is 5.41. The zero-order valence-corrected chi connectivity index (χ0v) is 16.1. The molecule has 0 spiro atoms. The van der Waals surface area contributed by atoms with Crippen LogP contribution < -0.4 is 16.0 Å². The predicted octanol–water partition coefficient (Wildman–Crippen LogP) is 0.996. The molecule has 2 aromatic rings. The number of carbonyl (C=O) groups excluding carboxylic acids is 1. The number of aromatic nitrogens is 2. The lowest BCUT2D eigenvalue weighted by Gasteiger charge is -2.34. The molecule has 0 radical (unpaired) electrons. The van der Waals surface area contributed by atoms with Crippen LogP contribution in [0, 0.1) is 0 Å². The van der Waals surface area contributed by atoms with Crippen molar-refractivity contribution in [2.45, 2.75) is 13.0 Å². The van der Waals surface area contributed by atoms with Crippen molar-refractivity contribution in [3.05, 3.63) is 35.9 Å². The van der Waals surface area contributed by atoms with E-state index >= 15 is 0 Å². The minimum absolute atomic E-state index is 0.0475. The molecule has 1 atom stereocenters. The smallest absolute Gasteiger partial charge is 0.254 e. The standard InChI is InChI=1S/C20H26N6O2/c1-14-13-22-5-6-26(14)19(27)16-4-2-3-15(11-16)17-12-18(24-20(21)23-17)25-7-9-28-10-8-25/h2-4,11-12,14,22H,5-10,13H2,1H3,(H2,21,23,24)/t14-/m1/s1. The topological polar surface area (TPSA) is 96.6 Å². The Labute approximate surface area is 164 Å².